The molecular weight excluding hydrogens is 484 g/mol. The molecule has 1 aliphatic carbocycles. The maximum absolute atomic E-state index is 13.6. The fourth-order valence-corrected chi connectivity index (χ4v) is 6.46. The molecule has 3 N–H and O–H groups in total. The maximum Gasteiger partial charge on any atom is 0.348 e. The van der Waals surface area contributed by atoms with Crippen LogP contribution < -0.4 is 10.6 Å². The smallest absolute Gasteiger partial charge is 0.348 e. The van der Waals surface area contributed by atoms with Gasteiger partial charge in [0.05, 0.1) is 18.3 Å². The summed E-state index contributed by atoms with van der Waals surface area (Å²) in [4.78, 5) is 35.5. The molecule has 0 radical (unpaired) electrons. The fraction of sp³-hybridized carbons (Fsp3) is 0.414. The fourth-order valence-electron chi connectivity index (χ4n) is 5.47. The Morgan fingerprint density at radius 3 is 2.49 bits per heavy atom. The van der Waals surface area contributed by atoms with E-state index in [4.69, 9.17) is 10.7 Å². The number of nitrogens with zero attached hydrogens (tertiary/aromatic N) is 3. The second-order valence-corrected chi connectivity index (χ2v) is 11.7. The first-order valence-corrected chi connectivity index (χ1v) is 13.8. The Balaban J connectivity index is 1.40. The number of aromatic carboxylic acids is 1. The van der Waals surface area contributed by atoms with Crippen LogP contribution in [-0.4, -0.2) is 40.3 Å². The van der Waals surface area contributed by atoms with Crippen molar-refractivity contribution in [2.24, 2.45) is 22.6 Å². The van der Waals surface area contributed by atoms with Gasteiger partial charge >= 0.3 is 5.97 Å². The minimum absolute atomic E-state index is 0.0107. The number of fused-ring (bicyclic) bond motifs is 1. The summed E-state index contributed by atoms with van der Waals surface area (Å²) in [6.45, 7) is 6.87. The lowest BCUT2D eigenvalue weighted by Gasteiger charge is -2.33. The SMILES string of the molecule is CC(C)N(c1cc(-c2ccc(C3CN4C=C(N)C=CC4=N3)cc2)sc1C(=O)O)C(=O)[C@H]1CC[C@H](C)CC1. The van der Waals surface area contributed by atoms with Gasteiger partial charge in [-0.15, -0.1) is 11.3 Å². The summed E-state index contributed by atoms with van der Waals surface area (Å²) >= 11 is 1.23. The van der Waals surface area contributed by atoms with Crippen LogP contribution in [0.2, 0.25) is 0 Å². The average molecular weight is 519 g/mol. The van der Waals surface area contributed by atoms with Crippen molar-refractivity contribution in [3.63, 3.8) is 0 Å². The van der Waals surface area contributed by atoms with E-state index < -0.39 is 5.97 Å². The molecule has 1 saturated carbocycles. The summed E-state index contributed by atoms with van der Waals surface area (Å²) in [5.74, 6) is 0.547. The molecule has 1 fully saturated rings. The number of nitrogens with two attached hydrogens (primary N) is 1. The summed E-state index contributed by atoms with van der Waals surface area (Å²) in [5.41, 5.74) is 9.15. The zero-order chi connectivity index (χ0) is 26.3. The van der Waals surface area contributed by atoms with Crippen molar-refractivity contribution >= 4 is 34.7 Å². The van der Waals surface area contributed by atoms with Gasteiger partial charge in [0.1, 0.15) is 10.7 Å². The molecule has 2 aromatic rings. The quantitative estimate of drug-likeness (QED) is 0.503. The highest BCUT2D eigenvalue weighted by Gasteiger charge is 2.33. The number of amidine groups is 1. The van der Waals surface area contributed by atoms with Crippen LogP contribution in [0.1, 0.15) is 67.7 Å². The van der Waals surface area contributed by atoms with Gasteiger partial charge in [-0.05, 0) is 74.8 Å². The predicted molar refractivity (Wildman–Crippen MR) is 149 cm³/mol. The number of thiophene rings is 1. The number of anilines is 1. The molecule has 3 heterocycles. The minimum Gasteiger partial charge on any atom is -0.477 e. The van der Waals surface area contributed by atoms with Crippen molar-refractivity contribution in [2.45, 2.75) is 58.5 Å². The Kier molecular flexibility index (Phi) is 6.94. The number of hydrogen-bond acceptors (Lipinski definition) is 6. The van der Waals surface area contributed by atoms with E-state index in [0.717, 1.165) is 54.1 Å². The third-order valence-corrected chi connectivity index (χ3v) is 8.71. The van der Waals surface area contributed by atoms with Gasteiger partial charge in [-0.3, -0.25) is 9.79 Å². The zero-order valence-corrected chi connectivity index (χ0v) is 22.4. The second-order valence-electron chi connectivity index (χ2n) is 10.6. The number of carboxylic acids is 1. The van der Waals surface area contributed by atoms with E-state index in [1.807, 2.05) is 62.5 Å². The van der Waals surface area contributed by atoms with Crippen LogP contribution in [0.4, 0.5) is 5.69 Å². The van der Waals surface area contributed by atoms with E-state index in [2.05, 4.69) is 11.8 Å². The summed E-state index contributed by atoms with van der Waals surface area (Å²) in [7, 11) is 0. The van der Waals surface area contributed by atoms with E-state index in [0.29, 0.717) is 17.3 Å². The second kappa shape index (κ2) is 10.2. The van der Waals surface area contributed by atoms with Gasteiger partial charge in [-0.2, -0.15) is 0 Å². The first-order valence-electron chi connectivity index (χ1n) is 13.0. The van der Waals surface area contributed by atoms with Crippen molar-refractivity contribution in [1.82, 2.24) is 4.90 Å². The summed E-state index contributed by atoms with van der Waals surface area (Å²) in [6, 6.07) is 9.88. The van der Waals surface area contributed by atoms with Crippen molar-refractivity contribution < 1.29 is 14.7 Å². The Morgan fingerprint density at radius 2 is 1.84 bits per heavy atom. The van der Waals surface area contributed by atoms with Crippen molar-refractivity contribution in [1.29, 1.82) is 0 Å². The van der Waals surface area contributed by atoms with E-state index in [9.17, 15) is 14.7 Å². The lowest BCUT2D eigenvalue weighted by molar-refractivity contribution is -0.123. The van der Waals surface area contributed by atoms with Gasteiger partial charge in [0, 0.05) is 28.7 Å². The number of rotatable bonds is 6. The molecule has 0 spiro atoms. The predicted octanol–water partition coefficient (Wildman–Crippen LogP) is 5.81. The van der Waals surface area contributed by atoms with Gasteiger partial charge < -0.3 is 20.6 Å². The van der Waals surface area contributed by atoms with E-state index in [1.165, 1.54) is 11.3 Å². The molecule has 1 aromatic heterocycles. The number of allylic oxidation sites excluding steroid dienone is 1. The van der Waals surface area contributed by atoms with Gasteiger partial charge in [0.25, 0.3) is 0 Å². The normalized spacial score (nSPS) is 23.0. The highest BCUT2D eigenvalue weighted by atomic mass is 32.1. The zero-order valence-electron chi connectivity index (χ0n) is 21.6. The van der Waals surface area contributed by atoms with Crippen LogP contribution >= 0.6 is 11.3 Å². The molecule has 2 aliphatic heterocycles. The molecule has 194 valence electrons. The molecule has 1 aromatic carbocycles. The van der Waals surface area contributed by atoms with Crippen LogP contribution in [0, 0.1) is 11.8 Å². The maximum atomic E-state index is 13.6. The van der Waals surface area contributed by atoms with Crippen LogP contribution in [0.25, 0.3) is 10.4 Å². The first-order chi connectivity index (χ1) is 17.7. The Labute approximate surface area is 222 Å². The Morgan fingerprint density at radius 1 is 1.14 bits per heavy atom. The first kappa shape index (κ1) is 25.3. The third-order valence-electron chi connectivity index (χ3n) is 7.55. The monoisotopic (exact) mass is 518 g/mol. The van der Waals surface area contributed by atoms with Crippen molar-refractivity contribution in [3.05, 3.63) is 64.8 Å². The number of carbonyl (C=O) groups is 2. The summed E-state index contributed by atoms with van der Waals surface area (Å²) < 4.78 is 0. The molecule has 5 rings (SSSR count). The van der Waals surface area contributed by atoms with Crippen LogP contribution in [-0.2, 0) is 4.79 Å². The minimum atomic E-state index is -1.00. The van der Waals surface area contributed by atoms with Crippen LogP contribution in [0.3, 0.4) is 0 Å². The summed E-state index contributed by atoms with van der Waals surface area (Å²) in [6.07, 6.45) is 9.51. The highest BCUT2D eigenvalue weighted by Crippen LogP contribution is 2.40. The topological polar surface area (TPSA) is 99.2 Å². The standard InChI is InChI=1S/C29H34N4O3S/c1-17(2)33(28(34)21-6-4-18(3)5-7-21)24-14-25(37-27(24)29(35)36)20-10-8-19(9-11-20)23-16-32-15-22(30)12-13-26(32)31-23/h8-15,17-18,21,23H,4-7,16,30H2,1-3H3,(H,35,36)/t18-,21-,23?. The van der Waals surface area contributed by atoms with E-state index in [-0.39, 0.29) is 28.8 Å². The van der Waals surface area contributed by atoms with E-state index in [1.54, 1.807) is 4.90 Å². The molecular formula is C29H34N4O3S. The highest BCUT2D eigenvalue weighted by molar-refractivity contribution is 7.18. The van der Waals surface area contributed by atoms with Gasteiger partial charge in [0.15, 0.2) is 0 Å². The molecule has 1 atom stereocenters. The van der Waals surface area contributed by atoms with Crippen LogP contribution in [0.15, 0.2) is 59.4 Å². The molecule has 3 aliphatic rings. The Bertz CT molecular complexity index is 1280. The van der Waals surface area contributed by atoms with Crippen molar-refractivity contribution in [2.75, 3.05) is 11.4 Å². The number of carboxylic acid groups (broad SMARTS) is 1. The van der Waals surface area contributed by atoms with Crippen molar-refractivity contribution in [3.8, 4) is 10.4 Å². The number of benzene rings is 1. The Hall–Kier alpha value is -3.39. The van der Waals surface area contributed by atoms with Crippen LogP contribution in [0.5, 0.6) is 0 Å². The molecule has 8 heteroatoms. The molecule has 1 amide bonds. The third kappa shape index (κ3) is 5.07. The van der Waals surface area contributed by atoms with Gasteiger partial charge in [-0.25, -0.2) is 4.79 Å². The summed E-state index contributed by atoms with van der Waals surface area (Å²) in [5, 5.41) is 10.0. The number of amides is 1. The molecule has 37 heavy (non-hydrogen) atoms. The number of hydrogen-bond donors (Lipinski definition) is 2. The lowest BCUT2D eigenvalue weighted by atomic mass is 9.82. The largest absolute Gasteiger partial charge is 0.477 e. The lowest BCUT2D eigenvalue weighted by Crippen LogP contribution is -2.42. The van der Waals surface area contributed by atoms with E-state index >= 15 is 0 Å². The molecule has 0 saturated heterocycles. The van der Waals surface area contributed by atoms with Gasteiger partial charge in [0.2, 0.25) is 5.91 Å². The molecule has 0 bridgehead atoms. The molecule has 7 nitrogen and oxygen atoms in total. The average Bonchev–Trinajstić information content (AvgIpc) is 3.49. The molecule has 1 unspecified atom stereocenters. The number of carbonyl (C=O) groups excluding carboxylic acids is 1. The number of aliphatic imine (C=N–C) groups is 1. The van der Waals surface area contributed by atoms with Gasteiger partial charge in [-0.1, -0.05) is 31.2 Å².